The second kappa shape index (κ2) is 7.21. The van der Waals surface area contributed by atoms with Gasteiger partial charge in [-0.1, -0.05) is 11.8 Å². The molecule has 6 heteroatoms. The molecule has 0 aromatic heterocycles. The van der Waals surface area contributed by atoms with Gasteiger partial charge in [0.1, 0.15) is 0 Å². The van der Waals surface area contributed by atoms with Crippen LogP contribution in [-0.4, -0.2) is 11.5 Å². The van der Waals surface area contributed by atoms with E-state index in [9.17, 15) is 4.79 Å². The van der Waals surface area contributed by atoms with Gasteiger partial charge in [0.05, 0.1) is 10.5 Å². The SMILES string of the molecule is Cl.Cl.NC(=O)C1=CC=CN=CS1. The van der Waals surface area contributed by atoms with Crippen molar-refractivity contribution in [3.8, 4) is 0 Å². The molecule has 1 amide bonds. The minimum absolute atomic E-state index is 0. The predicted octanol–water partition coefficient (Wildman–Crippen LogP) is 1.49. The van der Waals surface area contributed by atoms with E-state index in [0.717, 1.165) is 0 Å². The molecule has 0 fully saturated rings. The van der Waals surface area contributed by atoms with Gasteiger partial charge in [0.2, 0.25) is 0 Å². The zero-order valence-electron chi connectivity index (χ0n) is 5.97. The molecular formula is C6H8Cl2N2OS. The number of rotatable bonds is 1. The number of amides is 1. The Labute approximate surface area is 87.0 Å². The Morgan fingerprint density at radius 3 is 2.75 bits per heavy atom. The number of allylic oxidation sites excluding steroid dienone is 2. The molecule has 12 heavy (non-hydrogen) atoms. The number of hydrogen-bond acceptors (Lipinski definition) is 3. The van der Waals surface area contributed by atoms with E-state index in [1.807, 2.05) is 0 Å². The summed E-state index contributed by atoms with van der Waals surface area (Å²) in [6, 6.07) is 0. The van der Waals surface area contributed by atoms with Crippen LogP contribution in [-0.2, 0) is 4.79 Å². The summed E-state index contributed by atoms with van der Waals surface area (Å²) in [5.74, 6) is -0.414. The highest BCUT2D eigenvalue weighted by atomic mass is 35.5. The zero-order chi connectivity index (χ0) is 7.40. The van der Waals surface area contributed by atoms with E-state index in [1.54, 1.807) is 23.9 Å². The lowest BCUT2D eigenvalue weighted by Gasteiger charge is -1.91. The van der Waals surface area contributed by atoms with Crippen molar-refractivity contribution in [3.63, 3.8) is 0 Å². The number of nitrogens with zero attached hydrogens (tertiary/aromatic N) is 1. The standard InChI is InChI=1S/C6H6N2OS.2ClH/c7-6(9)5-2-1-3-8-4-10-5;;/h1-4H,(H2,7,9);2*1H. The average Bonchev–Trinajstić information content (AvgIpc) is 2.12. The van der Waals surface area contributed by atoms with Gasteiger partial charge in [0, 0.05) is 6.20 Å². The van der Waals surface area contributed by atoms with Crippen LogP contribution in [0, 0.1) is 0 Å². The first kappa shape index (κ1) is 14.1. The van der Waals surface area contributed by atoms with E-state index >= 15 is 0 Å². The fraction of sp³-hybridized carbons (Fsp3) is 0. The molecule has 0 atom stereocenters. The van der Waals surface area contributed by atoms with Crippen molar-refractivity contribution in [2.45, 2.75) is 0 Å². The van der Waals surface area contributed by atoms with Gasteiger partial charge in [0.25, 0.3) is 5.91 Å². The largest absolute Gasteiger partial charge is 0.365 e. The zero-order valence-corrected chi connectivity index (χ0v) is 8.42. The Kier molecular flexibility index (Phi) is 8.47. The Balaban J connectivity index is 0. The van der Waals surface area contributed by atoms with Gasteiger partial charge in [0.15, 0.2) is 0 Å². The second-order valence-corrected chi connectivity index (χ2v) is 2.50. The van der Waals surface area contributed by atoms with E-state index in [2.05, 4.69) is 4.99 Å². The van der Waals surface area contributed by atoms with Crippen LogP contribution in [0.25, 0.3) is 0 Å². The number of halogens is 2. The molecule has 3 nitrogen and oxygen atoms in total. The number of primary amides is 1. The molecule has 1 rings (SSSR count). The molecular weight excluding hydrogens is 219 g/mol. The van der Waals surface area contributed by atoms with Crippen LogP contribution in [0.3, 0.4) is 0 Å². The van der Waals surface area contributed by atoms with Gasteiger partial charge >= 0.3 is 0 Å². The molecule has 2 N–H and O–H groups in total. The van der Waals surface area contributed by atoms with Crippen LogP contribution in [0.1, 0.15) is 0 Å². The van der Waals surface area contributed by atoms with E-state index in [1.165, 1.54) is 11.8 Å². The molecule has 0 saturated heterocycles. The van der Waals surface area contributed by atoms with Crippen LogP contribution in [0.5, 0.6) is 0 Å². The smallest absolute Gasteiger partial charge is 0.255 e. The second-order valence-electron chi connectivity index (χ2n) is 1.61. The van der Waals surface area contributed by atoms with Gasteiger partial charge in [-0.05, 0) is 12.2 Å². The number of thioether (sulfide) groups is 1. The molecule has 0 saturated carbocycles. The Morgan fingerprint density at radius 2 is 2.17 bits per heavy atom. The first-order chi connectivity index (χ1) is 4.80. The predicted molar refractivity (Wildman–Crippen MR) is 57.0 cm³/mol. The quantitative estimate of drug-likeness (QED) is 0.737. The van der Waals surface area contributed by atoms with Gasteiger partial charge in [-0.25, -0.2) is 0 Å². The molecule has 0 aliphatic carbocycles. The lowest BCUT2D eigenvalue weighted by atomic mass is 10.4. The summed E-state index contributed by atoms with van der Waals surface area (Å²) < 4.78 is 0. The van der Waals surface area contributed by atoms with Crippen molar-refractivity contribution < 1.29 is 4.79 Å². The molecule has 0 aromatic carbocycles. The first-order valence-corrected chi connectivity index (χ1v) is 3.53. The summed E-state index contributed by atoms with van der Waals surface area (Å²) in [5, 5.41) is 0. The Bertz CT molecular complexity index is 238. The minimum Gasteiger partial charge on any atom is -0.365 e. The summed E-state index contributed by atoms with van der Waals surface area (Å²) in [6.07, 6.45) is 4.92. The summed E-state index contributed by atoms with van der Waals surface area (Å²) in [7, 11) is 0. The number of carbonyl (C=O) groups excluding carboxylic acids is 1. The van der Waals surface area contributed by atoms with Crippen LogP contribution in [0.2, 0.25) is 0 Å². The van der Waals surface area contributed by atoms with Crippen LogP contribution in [0.15, 0.2) is 28.2 Å². The van der Waals surface area contributed by atoms with Crippen LogP contribution < -0.4 is 5.73 Å². The molecule has 0 bridgehead atoms. The highest BCUT2D eigenvalue weighted by Crippen LogP contribution is 2.13. The fourth-order valence-corrected chi connectivity index (χ4v) is 1.000. The number of carbonyl (C=O) groups is 1. The first-order valence-electron chi connectivity index (χ1n) is 2.65. The van der Waals surface area contributed by atoms with Gasteiger partial charge in [-0.15, -0.1) is 24.8 Å². The van der Waals surface area contributed by atoms with Crippen molar-refractivity contribution in [1.82, 2.24) is 0 Å². The molecule has 68 valence electrons. The van der Waals surface area contributed by atoms with Crippen molar-refractivity contribution in [1.29, 1.82) is 0 Å². The number of nitrogens with two attached hydrogens (primary N) is 1. The molecule has 0 aromatic rings. The number of aliphatic imine (C=N–C) groups is 1. The van der Waals surface area contributed by atoms with E-state index in [0.29, 0.717) is 4.91 Å². The topological polar surface area (TPSA) is 55.5 Å². The van der Waals surface area contributed by atoms with E-state index in [4.69, 9.17) is 5.73 Å². The lowest BCUT2D eigenvalue weighted by Crippen LogP contribution is -2.11. The summed E-state index contributed by atoms with van der Waals surface area (Å²) >= 11 is 1.22. The van der Waals surface area contributed by atoms with Gasteiger partial charge in [-0.2, -0.15) is 0 Å². The van der Waals surface area contributed by atoms with Crippen molar-refractivity contribution >= 4 is 48.0 Å². The summed E-state index contributed by atoms with van der Waals surface area (Å²) in [4.78, 5) is 14.9. The fourth-order valence-electron chi connectivity index (χ4n) is 0.482. The van der Waals surface area contributed by atoms with Crippen LogP contribution in [0.4, 0.5) is 0 Å². The normalized spacial score (nSPS) is 13.5. The third-order valence-corrected chi connectivity index (χ3v) is 1.72. The van der Waals surface area contributed by atoms with E-state index in [-0.39, 0.29) is 24.8 Å². The maximum Gasteiger partial charge on any atom is 0.255 e. The van der Waals surface area contributed by atoms with Crippen molar-refractivity contribution in [3.05, 3.63) is 23.3 Å². The van der Waals surface area contributed by atoms with Gasteiger partial charge in [-0.3, -0.25) is 9.79 Å². The molecule has 1 heterocycles. The van der Waals surface area contributed by atoms with Crippen LogP contribution >= 0.6 is 36.6 Å². The minimum atomic E-state index is -0.414. The molecule has 0 radical (unpaired) electrons. The lowest BCUT2D eigenvalue weighted by molar-refractivity contribution is -0.113. The van der Waals surface area contributed by atoms with E-state index < -0.39 is 5.91 Å². The van der Waals surface area contributed by atoms with Crippen molar-refractivity contribution in [2.75, 3.05) is 0 Å². The van der Waals surface area contributed by atoms with Gasteiger partial charge < -0.3 is 5.73 Å². The average molecular weight is 227 g/mol. The monoisotopic (exact) mass is 226 g/mol. The molecule has 0 unspecified atom stereocenters. The summed E-state index contributed by atoms with van der Waals surface area (Å²) in [5.41, 5.74) is 6.58. The summed E-state index contributed by atoms with van der Waals surface area (Å²) in [6.45, 7) is 0. The molecule has 0 spiro atoms. The molecule has 1 aliphatic heterocycles. The third kappa shape index (κ3) is 4.43. The third-order valence-electron chi connectivity index (χ3n) is 0.903. The Hall–Kier alpha value is -0.450. The number of hydrogen-bond donors (Lipinski definition) is 1. The molecule has 1 aliphatic rings. The highest BCUT2D eigenvalue weighted by molar-refractivity contribution is 8.16. The highest BCUT2D eigenvalue weighted by Gasteiger charge is 2.02. The maximum absolute atomic E-state index is 10.5. The Morgan fingerprint density at radius 1 is 1.50 bits per heavy atom. The van der Waals surface area contributed by atoms with Crippen molar-refractivity contribution in [2.24, 2.45) is 10.7 Å². The maximum atomic E-state index is 10.5.